The van der Waals surface area contributed by atoms with Gasteiger partial charge in [0.1, 0.15) is 0 Å². The van der Waals surface area contributed by atoms with Crippen LogP contribution < -0.4 is 4.72 Å². The molecule has 2 rings (SSSR count). The van der Waals surface area contributed by atoms with Gasteiger partial charge in [-0.15, -0.1) is 0 Å². The third-order valence-electron chi connectivity index (χ3n) is 3.79. The second-order valence-electron chi connectivity index (χ2n) is 5.74. The molecule has 25 heavy (non-hydrogen) atoms. The number of fused-ring (bicyclic) bond motifs is 1. The molecule has 0 aliphatic carbocycles. The standard InChI is InChI=1S/C18H22INO4S/c1-14(21)24-13-5-3-2-4-12-20-25(22,23)18-11-7-8-15-16(18)9-6-10-17(15)19/h6-11,20H,2-5,12-13H2,1H3. The average molecular weight is 475 g/mol. The number of hydrogen-bond donors (Lipinski definition) is 1. The minimum Gasteiger partial charge on any atom is -0.466 e. The van der Waals surface area contributed by atoms with Crippen LogP contribution in [-0.2, 0) is 19.6 Å². The molecular weight excluding hydrogens is 453 g/mol. The Labute approximate surface area is 162 Å². The highest BCUT2D eigenvalue weighted by Gasteiger charge is 2.17. The maximum absolute atomic E-state index is 12.6. The van der Waals surface area contributed by atoms with Crippen molar-refractivity contribution in [3.63, 3.8) is 0 Å². The minimum atomic E-state index is -3.53. The molecule has 0 heterocycles. The molecule has 1 N–H and O–H groups in total. The number of hydrogen-bond acceptors (Lipinski definition) is 4. The van der Waals surface area contributed by atoms with Crippen LogP contribution in [0.3, 0.4) is 0 Å². The largest absolute Gasteiger partial charge is 0.466 e. The normalized spacial score (nSPS) is 11.6. The number of nitrogens with one attached hydrogen (secondary N) is 1. The molecular formula is C18H22INO4S. The zero-order valence-corrected chi connectivity index (χ0v) is 17.1. The molecule has 7 heteroatoms. The summed E-state index contributed by atoms with van der Waals surface area (Å²) >= 11 is 2.21. The number of sulfonamides is 1. The Bertz CT molecular complexity index is 836. The van der Waals surface area contributed by atoms with E-state index in [1.807, 2.05) is 24.3 Å². The summed E-state index contributed by atoms with van der Waals surface area (Å²) in [7, 11) is -3.53. The molecule has 0 radical (unpaired) electrons. The highest BCUT2D eigenvalue weighted by Crippen LogP contribution is 2.26. The predicted octanol–water partition coefficient (Wildman–Crippen LogP) is 3.85. The van der Waals surface area contributed by atoms with Crippen LogP contribution in [0.4, 0.5) is 0 Å². The number of unbranched alkanes of at least 4 members (excludes halogenated alkanes) is 3. The molecule has 2 aromatic rings. The summed E-state index contributed by atoms with van der Waals surface area (Å²) in [6.45, 7) is 2.22. The lowest BCUT2D eigenvalue weighted by Crippen LogP contribution is -2.25. The Kier molecular flexibility index (Phi) is 7.64. The second kappa shape index (κ2) is 9.49. The number of ether oxygens (including phenoxy) is 1. The molecule has 0 fully saturated rings. The van der Waals surface area contributed by atoms with E-state index in [2.05, 4.69) is 27.3 Å². The summed E-state index contributed by atoms with van der Waals surface area (Å²) in [5.41, 5.74) is 0. The molecule has 5 nitrogen and oxygen atoms in total. The van der Waals surface area contributed by atoms with Gasteiger partial charge in [-0.2, -0.15) is 0 Å². The Morgan fingerprint density at radius 3 is 2.48 bits per heavy atom. The first-order valence-electron chi connectivity index (χ1n) is 8.22. The van der Waals surface area contributed by atoms with E-state index in [-0.39, 0.29) is 5.97 Å². The van der Waals surface area contributed by atoms with Crippen LogP contribution in [0.2, 0.25) is 0 Å². The zero-order valence-electron chi connectivity index (χ0n) is 14.1. The van der Waals surface area contributed by atoms with Crippen LogP contribution in [0.1, 0.15) is 32.6 Å². The molecule has 0 aromatic heterocycles. The summed E-state index contributed by atoms with van der Waals surface area (Å²) < 4.78 is 33.8. The molecule has 0 unspecified atom stereocenters. The highest BCUT2D eigenvalue weighted by molar-refractivity contribution is 14.1. The van der Waals surface area contributed by atoms with Crippen LogP contribution in [-0.4, -0.2) is 27.5 Å². The van der Waals surface area contributed by atoms with Gasteiger partial charge in [0.15, 0.2) is 0 Å². The minimum absolute atomic E-state index is 0.266. The van der Waals surface area contributed by atoms with Crippen LogP contribution in [0.25, 0.3) is 10.8 Å². The van der Waals surface area contributed by atoms with Gasteiger partial charge in [-0.3, -0.25) is 4.79 Å². The van der Waals surface area contributed by atoms with Crippen molar-refractivity contribution in [2.45, 2.75) is 37.5 Å². The Morgan fingerprint density at radius 2 is 1.72 bits per heavy atom. The first-order valence-corrected chi connectivity index (χ1v) is 10.8. The SMILES string of the molecule is CC(=O)OCCCCCCNS(=O)(=O)c1cccc2c(I)cccc12. The molecule has 0 amide bonds. The van der Waals surface area contributed by atoms with Gasteiger partial charge >= 0.3 is 5.97 Å². The van der Waals surface area contributed by atoms with E-state index < -0.39 is 10.0 Å². The van der Waals surface area contributed by atoms with Crippen LogP contribution in [0.15, 0.2) is 41.3 Å². The number of rotatable bonds is 9. The van der Waals surface area contributed by atoms with Gasteiger partial charge in [-0.1, -0.05) is 37.1 Å². The quantitative estimate of drug-likeness (QED) is 0.340. The molecule has 0 aliphatic rings. The van der Waals surface area contributed by atoms with Crippen LogP contribution in [0.5, 0.6) is 0 Å². The van der Waals surface area contributed by atoms with Crippen molar-refractivity contribution in [2.75, 3.05) is 13.2 Å². The van der Waals surface area contributed by atoms with E-state index in [0.29, 0.717) is 18.0 Å². The first-order chi connectivity index (χ1) is 11.9. The number of carbonyl (C=O) groups excluding carboxylic acids is 1. The molecule has 0 atom stereocenters. The van der Waals surface area contributed by atoms with Crippen LogP contribution in [0, 0.1) is 3.57 Å². The Hall–Kier alpha value is -1.19. The fraction of sp³-hybridized carbons (Fsp3) is 0.389. The van der Waals surface area contributed by atoms with E-state index in [4.69, 9.17) is 4.74 Å². The summed E-state index contributed by atoms with van der Waals surface area (Å²) in [5, 5.41) is 1.68. The smallest absolute Gasteiger partial charge is 0.302 e. The Balaban J connectivity index is 1.88. The zero-order chi connectivity index (χ0) is 18.3. The molecule has 0 bridgehead atoms. The third-order valence-corrected chi connectivity index (χ3v) is 6.25. The van der Waals surface area contributed by atoms with Gasteiger partial charge in [-0.25, -0.2) is 13.1 Å². The maximum Gasteiger partial charge on any atom is 0.302 e. The maximum atomic E-state index is 12.6. The van der Waals surface area contributed by atoms with Crippen molar-refractivity contribution in [3.05, 3.63) is 40.0 Å². The lowest BCUT2D eigenvalue weighted by molar-refractivity contribution is -0.141. The van der Waals surface area contributed by atoms with E-state index in [1.54, 1.807) is 12.1 Å². The first kappa shape index (κ1) is 20.1. The molecule has 0 spiro atoms. The van der Waals surface area contributed by atoms with Gasteiger partial charge < -0.3 is 4.74 Å². The summed E-state index contributed by atoms with van der Waals surface area (Å²) in [4.78, 5) is 11.0. The molecule has 0 saturated carbocycles. The van der Waals surface area contributed by atoms with Crippen molar-refractivity contribution in [2.24, 2.45) is 0 Å². The van der Waals surface area contributed by atoms with Gasteiger partial charge in [0.05, 0.1) is 11.5 Å². The number of carbonyl (C=O) groups is 1. The Morgan fingerprint density at radius 1 is 1.04 bits per heavy atom. The number of esters is 1. The molecule has 0 saturated heterocycles. The fourth-order valence-electron chi connectivity index (χ4n) is 2.56. The molecule has 0 aliphatic heterocycles. The lowest BCUT2D eigenvalue weighted by atomic mass is 10.1. The van der Waals surface area contributed by atoms with Crippen molar-refractivity contribution in [3.8, 4) is 0 Å². The van der Waals surface area contributed by atoms with Crippen molar-refractivity contribution in [1.82, 2.24) is 4.72 Å². The average Bonchev–Trinajstić information content (AvgIpc) is 2.57. The summed E-state index contributed by atoms with van der Waals surface area (Å²) in [6.07, 6.45) is 3.34. The van der Waals surface area contributed by atoms with Gasteiger partial charge in [0, 0.05) is 22.4 Å². The number of benzene rings is 2. The van der Waals surface area contributed by atoms with Gasteiger partial charge in [0.2, 0.25) is 10.0 Å². The fourth-order valence-corrected chi connectivity index (χ4v) is 4.53. The summed E-state index contributed by atoms with van der Waals surface area (Å²) in [5.74, 6) is -0.266. The van der Waals surface area contributed by atoms with Crippen molar-refractivity contribution >= 4 is 49.4 Å². The third kappa shape index (κ3) is 5.93. The van der Waals surface area contributed by atoms with Crippen molar-refractivity contribution in [1.29, 1.82) is 0 Å². The van der Waals surface area contributed by atoms with Crippen LogP contribution >= 0.6 is 22.6 Å². The van der Waals surface area contributed by atoms with E-state index in [9.17, 15) is 13.2 Å². The second-order valence-corrected chi connectivity index (χ2v) is 8.64. The highest BCUT2D eigenvalue weighted by atomic mass is 127. The number of halogens is 1. The van der Waals surface area contributed by atoms with E-state index in [1.165, 1.54) is 6.92 Å². The summed E-state index contributed by atoms with van der Waals surface area (Å²) in [6, 6.07) is 11.0. The van der Waals surface area contributed by atoms with Gasteiger partial charge in [0.25, 0.3) is 0 Å². The molecule has 136 valence electrons. The van der Waals surface area contributed by atoms with E-state index in [0.717, 1.165) is 40.0 Å². The van der Waals surface area contributed by atoms with Crippen molar-refractivity contribution < 1.29 is 17.9 Å². The monoisotopic (exact) mass is 475 g/mol. The van der Waals surface area contributed by atoms with E-state index >= 15 is 0 Å². The topological polar surface area (TPSA) is 72.5 Å². The molecule has 2 aromatic carbocycles. The lowest BCUT2D eigenvalue weighted by Gasteiger charge is -2.10. The van der Waals surface area contributed by atoms with Gasteiger partial charge in [-0.05, 0) is 53.0 Å². The predicted molar refractivity (Wildman–Crippen MR) is 107 cm³/mol.